The van der Waals surface area contributed by atoms with Crippen LogP contribution in [0.4, 0.5) is 0 Å². The molecule has 0 radical (unpaired) electrons. The first-order valence-electron chi connectivity index (χ1n) is 8.09. The zero-order valence-electron chi connectivity index (χ0n) is 13.1. The topological polar surface area (TPSA) is 9.23 Å². The van der Waals surface area contributed by atoms with Crippen molar-refractivity contribution >= 4 is 0 Å². The van der Waals surface area contributed by atoms with E-state index < -0.39 is 0 Å². The Labute approximate surface area is 128 Å². The first-order chi connectivity index (χ1) is 10.3. The first kappa shape index (κ1) is 14.2. The lowest BCUT2D eigenvalue weighted by Gasteiger charge is -2.11. The molecule has 1 nitrogen and oxygen atoms in total. The zero-order valence-corrected chi connectivity index (χ0v) is 13.1. The first-order valence-corrected chi connectivity index (χ1v) is 8.09. The maximum atomic E-state index is 5.92. The molecule has 0 N–H and O–H groups in total. The molecule has 2 aromatic rings. The van der Waals surface area contributed by atoms with Crippen LogP contribution in [-0.4, -0.2) is 0 Å². The van der Waals surface area contributed by atoms with E-state index in [1.165, 1.54) is 47.9 Å². The standard InChI is InChI=1S/C20H24O/c1-3-15(2)17-9-11-20(12-10-17)21-14-16-7-8-18-5-4-6-19(18)13-16/h7-13,15H,3-6,14H2,1-2H3. The summed E-state index contributed by atoms with van der Waals surface area (Å²) in [5.41, 5.74) is 5.71. The lowest BCUT2D eigenvalue weighted by Crippen LogP contribution is -1.97. The van der Waals surface area contributed by atoms with Gasteiger partial charge in [-0.1, -0.05) is 44.2 Å². The minimum absolute atomic E-state index is 0.621. The van der Waals surface area contributed by atoms with Crippen LogP contribution in [0, 0.1) is 0 Å². The molecule has 0 fully saturated rings. The van der Waals surface area contributed by atoms with Gasteiger partial charge < -0.3 is 4.74 Å². The van der Waals surface area contributed by atoms with Gasteiger partial charge in [0.1, 0.15) is 12.4 Å². The Bertz CT molecular complexity index is 598. The van der Waals surface area contributed by atoms with Crippen molar-refractivity contribution in [3.8, 4) is 5.75 Å². The lowest BCUT2D eigenvalue weighted by molar-refractivity contribution is 0.306. The summed E-state index contributed by atoms with van der Waals surface area (Å²) in [6.07, 6.45) is 4.95. The van der Waals surface area contributed by atoms with Crippen LogP contribution in [0.5, 0.6) is 5.75 Å². The van der Waals surface area contributed by atoms with E-state index in [2.05, 4.69) is 56.3 Å². The summed E-state index contributed by atoms with van der Waals surface area (Å²) in [6.45, 7) is 5.15. The minimum atomic E-state index is 0.621. The Morgan fingerprint density at radius 2 is 1.76 bits per heavy atom. The molecule has 3 rings (SSSR count). The Morgan fingerprint density at radius 3 is 2.52 bits per heavy atom. The highest BCUT2D eigenvalue weighted by molar-refractivity contribution is 5.35. The summed E-state index contributed by atoms with van der Waals surface area (Å²) in [7, 11) is 0. The molecule has 1 aliphatic carbocycles. The molecule has 0 saturated carbocycles. The molecule has 0 heterocycles. The Balaban J connectivity index is 1.62. The fraction of sp³-hybridized carbons (Fsp3) is 0.400. The van der Waals surface area contributed by atoms with Gasteiger partial charge in [-0.25, -0.2) is 0 Å². The molecule has 0 aromatic heterocycles. The molecule has 0 spiro atoms. The fourth-order valence-electron chi connectivity index (χ4n) is 3.01. The zero-order chi connectivity index (χ0) is 14.7. The van der Waals surface area contributed by atoms with E-state index in [9.17, 15) is 0 Å². The third-order valence-electron chi connectivity index (χ3n) is 4.63. The highest BCUT2D eigenvalue weighted by atomic mass is 16.5. The van der Waals surface area contributed by atoms with Gasteiger partial charge in [-0.15, -0.1) is 0 Å². The highest BCUT2D eigenvalue weighted by Gasteiger charge is 2.10. The van der Waals surface area contributed by atoms with Crippen LogP contribution in [0.25, 0.3) is 0 Å². The van der Waals surface area contributed by atoms with Crippen LogP contribution in [0.1, 0.15) is 54.9 Å². The van der Waals surface area contributed by atoms with E-state index in [0.29, 0.717) is 12.5 Å². The van der Waals surface area contributed by atoms with Gasteiger partial charge in [-0.3, -0.25) is 0 Å². The molecule has 21 heavy (non-hydrogen) atoms. The van der Waals surface area contributed by atoms with Gasteiger partial charge in [0.25, 0.3) is 0 Å². The summed E-state index contributed by atoms with van der Waals surface area (Å²) in [5.74, 6) is 1.58. The molecule has 1 aliphatic rings. The van der Waals surface area contributed by atoms with E-state index in [4.69, 9.17) is 4.74 Å². The molecule has 1 atom stereocenters. The van der Waals surface area contributed by atoms with Crippen molar-refractivity contribution in [3.05, 3.63) is 64.7 Å². The third-order valence-corrected chi connectivity index (χ3v) is 4.63. The quantitative estimate of drug-likeness (QED) is 0.725. The highest BCUT2D eigenvalue weighted by Crippen LogP contribution is 2.24. The second-order valence-corrected chi connectivity index (χ2v) is 6.12. The minimum Gasteiger partial charge on any atom is -0.489 e. The maximum absolute atomic E-state index is 5.92. The molecule has 2 aromatic carbocycles. The smallest absolute Gasteiger partial charge is 0.119 e. The Morgan fingerprint density at radius 1 is 1.00 bits per heavy atom. The normalized spacial score (nSPS) is 14.8. The van der Waals surface area contributed by atoms with Gasteiger partial charge in [-0.2, -0.15) is 0 Å². The van der Waals surface area contributed by atoms with Crippen LogP contribution < -0.4 is 4.74 Å². The average Bonchev–Trinajstić information content (AvgIpc) is 3.00. The molecule has 110 valence electrons. The third kappa shape index (κ3) is 3.29. The van der Waals surface area contributed by atoms with Gasteiger partial charge in [0, 0.05) is 0 Å². The number of ether oxygens (including phenoxy) is 1. The number of fused-ring (bicyclic) bond motifs is 1. The summed E-state index contributed by atoms with van der Waals surface area (Å²) in [5, 5.41) is 0. The number of aryl methyl sites for hydroxylation is 2. The van der Waals surface area contributed by atoms with Crippen LogP contribution in [0.15, 0.2) is 42.5 Å². The van der Waals surface area contributed by atoms with E-state index >= 15 is 0 Å². The number of hydrogen-bond acceptors (Lipinski definition) is 1. The number of rotatable bonds is 5. The van der Waals surface area contributed by atoms with Gasteiger partial charge in [0.05, 0.1) is 0 Å². The van der Waals surface area contributed by atoms with Crippen LogP contribution in [0.3, 0.4) is 0 Å². The van der Waals surface area contributed by atoms with Crippen molar-refractivity contribution in [3.63, 3.8) is 0 Å². The van der Waals surface area contributed by atoms with Crippen molar-refractivity contribution in [2.45, 2.75) is 52.1 Å². The van der Waals surface area contributed by atoms with Gasteiger partial charge in [0.2, 0.25) is 0 Å². The summed E-state index contributed by atoms with van der Waals surface area (Å²) < 4.78 is 5.92. The van der Waals surface area contributed by atoms with Gasteiger partial charge in [0.15, 0.2) is 0 Å². The molecule has 1 unspecified atom stereocenters. The molecule has 0 saturated heterocycles. The SMILES string of the molecule is CCC(C)c1ccc(OCc2ccc3c(c2)CCC3)cc1. The maximum Gasteiger partial charge on any atom is 0.119 e. The van der Waals surface area contributed by atoms with E-state index in [0.717, 1.165) is 5.75 Å². The van der Waals surface area contributed by atoms with E-state index in [-0.39, 0.29) is 0 Å². The molecular formula is C20H24O. The monoisotopic (exact) mass is 280 g/mol. The average molecular weight is 280 g/mol. The van der Waals surface area contributed by atoms with Crippen LogP contribution >= 0.6 is 0 Å². The molecule has 1 heteroatoms. The molecule has 0 aliphatic heterocycles. The van der Waals surface area contributed by atoms with E-state index in [1.807, 2.05) is 0 Å². The van der Waals surface area contributed by atoms with E-state index in [1.54, 1.807) is 0 Å². The Hall–Kier alpha value is -1.76. The van der Waals surface area contributed by atoms with Crippen molar-refractivity contribution < 1.29 is 4.74 Å². The summed E-state index contributed by atoms with van der Waals surface area (Å²) in [6, 6.07) is 15.3. The van der Waals surface area contributed by atoms with Gasteiger partial charge in [-0.05, 0) is 66.0 Å². The predicted octanol–water partition coefficient (Wildman–Crippen LogP) is 5.27. The predicted molar refractivity (Wildman–Crippen MR) is 87.9 cm³/mol. The molecule has 0 amide bonds. The summed E-state index contributed by atoms with van der Waals surface area (Å²) in [4.78, 5) is 0. The molecular weight excluding hydrogens is 256 g/mol. The molecule has 0 bridgehead atoms. The van der Waals surface area contributed by atoms with Crippen molar-refractivity contribution in [1.29, 1.82) is 0 Å². The van der Waals surface area contributed by atoms with Crippen LogP contribution in [0.2, 0.25) is 0 Å². The van der Waals surface area contributed by atoms with Gasteiger partial charge >= 0.3 is 0 Å². The van der Waals surface area contributed by atoms with Crippen molar-refractivity contribution in [2.24, 2.45) is 0 Å². The number of hydrogen-bond donors (Lipinski definition) is 0. The van der Waals surface area contributed by atoms with Crippen molar-refractivity contribution in [1.82, 2.24) is 0 Å². The second-order valence-electron chi connectivity index (χ2n) is 6.12. The Kier molecular flexibility index (Phi) is 4.28. The largest absolute Gasteiger partial charge is 0.489 e. The van der Waals surface area contributed by atoms with Crippen molar-refractivity contribution in [2.75, 3.05) is 0 Å². The number of benzene rings is 2. The second kappa shape index (κ2) is 6.34. The lowest BCUT2D eigenvalue weighted by atomic mass is 9.99. The fourth-order valence-corrected chi connectivity index (χ4v) is 3.01. The van der Waals surface area contributed by atoms with Crippen LogP contribution in [-0.2, 0) is 19.4 Å². The summed E-state index contributed by atoms with van der Waals surface area (Å²) >= 11 is 0.